The van der Waals surface area contributed by atoms with Gasteiger partial charge in [-0.1, -0.05) is 18.8 Å². The second kappa shape index (κ2) is 7.60. The molecular weight excluding hydrogens is 282 g/mol. The monoisotopic (exact) mass is 305 g/mol. The molecule has 2 N–H and O–H groups in total. The topological polar surface area (TPSA) is 49.6 Å². The smallest absolute Gasteiger partial charge is 0.263 e. The number of nitrogens with zero attached hydrogens (tertiary/aromatic N) is 2. The first-order valence-corrected chi connectivity index (χ1v) is 8.25. The van der Waals surface area contributed by atoms with E-state index in [4.69, 9.17) is 5.73 Å². The van der Waals surface area contributed by atoms with Gasteiger partial charge in [0.25, 0.3) is 5.91 Å². The van der Waals surface area contributed by atoms with Crippen molar-refractivity contribution in [3.63, 3.8) is 0 Å². The molecule has 1 saturated heterocycles. The Morgan fingerprint density at radius 1 is 1.57 bits per heavy atom. The Morgan fingerprint density at radius 2 is 2.38 bits per heavy atom. The molecule has 1 unspecified atom stereocenters. The van der Waals surface area contributed by atoms with Crippen molar-refractivity contribution >= 4 is 17.2 Å². The van der Waals surface area contributed by atoms with Crippen LogP contribution < -0.4 is 5.73 Å². The van der Waals surface area contributed by atoms with Crippen molar-refractivity contribution in [1.82, 2.24) is 9.80 Å². The SMILES string of the molecule is CCN1CCCC1CN(C)C(=O)c1ccc(C#CCN)s1. The lowest BCUT2D eigenvalue weighted by molar-refractivity contribution is 0.0759. The van der Waals surface area contributed by atoms with Crippen LogP contribution in [0.3, 0.4) is 0 Å². The third kappa shape index (κ3) is 4.07. The molecule has 2 rings (SSSR count). The molecule has 1 aromatic rings. The summed E-state index contributed by atoms with van der Waals surface area (Å²) in [5.74, 6) is 5.87. The van der Waals surface area contributed by atoms with Gasteiger partial charge in [0.15, 0.2) is 0 Å². The zero-order valence-electron chi connectivity index (χ0n) is 12.8. The van der Waals surface area contributed by atoms with Crippen LogP contribution >= 0.6 is 11.3 Å². The lowest BCUT2D eigenvalue weighted by Crippen LogP contribution is -2.40. The van der Waals surface area contributed by atoms with Gasteiger partial charge in [0.05, 0.1) is 16.3 Å². The number of nitrogens with two attached hydrogens (primary N) is 1. The third-order valence-corrected chi connectivity index (χ3v) is 4.86. The molecule has 1 aliphatic heterocycles. The molecule has 0 aromatic carbocycles. The van der Waals surface area contributed by atoms with Gasteiger partial charge >= 0.3 is 0 Å². The Balaban J connectivity index is 1.97. The summed E-state index contributed by atoms with van der Waals surface area (Å²) in [6.07, 6.45) is 2.42. The largest absolute Gasteiger partial charge is 0.339 e. The molecule has 0 aliphatic carbocycles. The second-order valence-corrected chi connectivity index (χ2v) is 6.36. The minimum atomic E-state index is 0.0868. The summed E-state index contributed by atoms with van der Waals surface area (Å²) in [6, 6.07) is 4.25. The Morgan fingerprint density at radius 3 is 3.10 bits per heavy atom. The van der Waals surface area contributed by atoms with Gasteiger partial charge in [-0.3, -0.25) is 9.69 Å². The van der Waals surface area contributed by atoms with Crippen molar-refractivity contribution in [2.75, 3.05) is 33.2 Å². The Hall–Kier alpha value is -1.35. The lowest BCUT2D eigenvalue weighted by Gasteiger charge is -2.27. The fraction of sp³-hybridized carbons (Fsp3) is 0.562. The molecule has 0 radical (unpaired) electrons. The van der Waals surface area contributed by atoms with Crippen LogP contribution in [0.25, 0.3) is 0 Å². The second-order valence-electron chi connectivity index (χ2n) is 5.28. The van der Waals surface area contributed by atoms with Crippen LogP contribution in [0.4, 0.5) is 0 Å². The predicted molar refractivity (Wildman–Crippen MR) is 87.5 cm³/mol. The van der Waals surface area contributed by atoms with Crippen molar-refractivity contribution in [3.8, 4) is 11.8 Å². The van der Waals surface area contributed by atoms with Crippen LogP contribution in [-0.2, 0) is 0 Å². The summed E-state index contributed by atoms with van der Waals surface area (Å²) in [5, 5.41) is 0. The maximum absolute atomic E-state index is 12.5. The van der Waals surface area contributed by atoms with E-state index in [1.807, 2.05) is 24.1 Å². The van der Waals surface area contributed by atoms with E-state index in [0.29, 0.717) is 12.6 Å². The van der Waals surface area contributed by atoms with E-state index in [1.165, 1.54) is 24.2 Å². The molecule has 0 bridgehead atoms. The van der Waals surface area contributed by atoms with E-state index < -0.39 is 0 Å². The number of likely N-dealkylation sites (N-methyl/N-ethyl adjacent to an activating group) is 2. The molecular formula is C16H23N3OS. The molecule has 5 heteroatoms. The van der Waals surface area contributed by atoms with E-state index in [1.54, 1.807) is 0 Å². The van der Waals surface area contributed by atoms with E-state index in [2.05, 4.69) is 23.7 Å². The Labute approximate surface area is 130 Å². The highest BCUT2D eigenvalue weighted by atomic mass is 32.1. The number of hydrogen-bond acceptors (Lipinski definition) is 4. The Kier molecular flexibility index (Phi) is 5.80. The molecule has 0 saturated carbocycles. The van der Waals surface area contributed by atoms with Gasteiger partial charge in [-0.25, -0.2) is 0 Å². The van der Waals surface area contributed by atoms with Crippen LogP contribution in [0.15, 0.2) is 12.1 Å². The van der Waals surface area contributed by atoms with Crippen LogP contribution in [0.1, 0.15) is 34.3 Å². The maximum Gasteiger partial charge on any atom is 0.263 e. The minimum Gasteiger partial charge on any atom is -0.339 e. The van der Waals surface area contributed by atoms with Crippen LogP contribution in [0.5, 0.6) is 0 Å². The molecule has 1 aliphatic rings. The van der Waals surface area contributed by atoms with Crippen LogP contribution in [-0.4, -0.2) is 55.0 Å². The van der Waals surface area contributed by atoms with E-state index in [0.717, 1.165) is 29.4 Å². The summed E-state index contributed by atoms with van der Waals surface area (Å²) in [5.41, 5.74) is 5.36. The average Bonchev–Trinajstić information content (AvgIpc) is 3.13. The fourth-order valence-electron chi connectivity index (χ4n) is 2.76. The van der Waals surface area contributed by atoms with Crippen LogP contribution in [0, 0.1) is 11.8 Å². The minimum absolute atomic E-state index is 0.0868. The summed E-state index contributed by atoms with van der Waals surface area (Å²) < 4.78 is 0. The van der Waals surface area contributed by atoms with Gasteiger partial charge in [-0.05, 0) is 38.1 Å². The van der Waals surface area contributed by atoms with E-state index in [-0.39, 0.29) is 5.91 Å². The van der Waals surface area contributed by atoms with Gasteiger partial charge in [-0.15, -0.1) is 11.3 Å². The van der Waals surface area contributed by atoms with Crippen molar-refractivity contribution in [2.24, 2.45) is 5.73 Å². The average molecular weight is 305 g/mol. The first-order valence-electron chi connectivity index (χ1n) is 7.44. The van der Waals surface area contributed by atoms with Gasteiger partial charge < -0.3 is 10.6 Å². The fourth-order valence-corrected chi connectivity index (χ4v) is 3.64. The van der Waals surface area contributed by atoms with Crippen molar-refractivity contribution in [1.29, 1.82) is 0 Å². The summed E-state index contributed by atoms with van der Waals surface area (Å²) >= 11 is 1.44. The summed E-state index contributed by atoms with van der Waals surface area (Å²) in [6.45, 7) is 5.54. The van der Waals surface area contributed by atoms with E-state index in [9.17, 15) is 4.79 Å². The van der Waals surface area contributed by atoms with Crippen molar-refractivity contribution in [2.45, 2.75) is 25.8 Å². The molecule has 1 amide bonds. The number of likely N-dealkylation sites (tertiary alicyclic amines) is 1. The molecule has 1 aromatic heterocycles. The first-order chi connectivity index (χ1) is 10.2. The predicted octanol–water partition coefficient (Wildman–Crippen LogP) is 1.61. The number of hydrogen-bond donors (Lipinski definition) is 1. The van der Waals surface area contributed by atoms with Gasteiger partial charge in [0.1, 0.15) is 0 Å². The lowest BCUT2D eigenvalue weighted by atomic mass is 10.2. The molecule has 2 heterocycles. The number of thiophene rings is 1. The summed E-state index contributed by atoms with van der Waals surface area (Å²) in [7, 11) is 1.89. The molecule has 1 fully saturated rings. The van der Waals surface area contributed by atoms with Crippen molar-refractivity contribution in [3.05, 3.63) is 21.9 Å². The number of carbonyl (C=O) groups excluding carboxylic acids is 1. The molecule has 0 spiro atoms. The van der Waals surface area contributed by atoms with Gasteiger partial charge in [0, 0.05) is 19.6 Å². The number of amides is 1. The first kappa shape index (κ1) is 16.0. The quantitative estimate of drug-likeness (QED) is 0.860. The highest BCUT2D eigenvalue weighted by Gasteiger charge is 2.26. The zero-order valence-corrected chi connectivity index (χ0v) is 13.6. The molecule has 1 atom stereocenters. The highest BCUT2D eigenvalue weighted by Crippen LogP contribution is 2.20. The number of carbonyl (C=O) groups is 1. The normalized spacial score (nSPS) is 18.3. The molecule has 21 heavy (non-hydrogen) atoms. The van der Waals surface area contributed by atoms with Crippen molar-refractivity contribution < 1.29 is 4.79 Å². The molecule has 4 nitrogen and oxygen atoms in total. The number of rotatable bonds is 4. The maximum atomic E-state index is 12.5. The molecule has 114 valence electrons. The Bertz CT molecular complexity index is 543. The van der Waals surface area contributed by atoms with Crippen LogP contribution in [0.2, 0.25) is 0 Å². The van der Waals surface area contributed by atoms with Gasteiger partial charge in [0.2, 0.25) is 0 Å². The third-order valence-electron chi connectivity index (χ3n) is 3.87. The standard InChI is InChI=1S/C16H23N3OS/c1-3-19-11-5-6-13(19)12-18(2)16(20)15-9-8-14(21-15)7-4-10-17/h8-9,13H,3,5-6,10-12,17H2,1-2H3. The van der Waals surface area contributed by atoms with E-state index >= 15 is 0 Å². The van der Waals surface area contributed by atoms with Gasteiger partial charge in [-0.2, -0.15) is 0 Å². The highest BCUT2D eigenvalue weighted by molar-refractivity contribution is 7.14. The zero-order chi connectivity index (χ0) is 15.2. The summed E-state index contributed by atoms with van der Waals surface area (Å²) in [4.78, 5) is 18.4.